The molecule has 3 rings (SSSR count). The Bertz CT molecular complexity index is 917. The van der Waals surface area contributed by atoms with Crippen LogP contribution in [-0.2, 0) is 11.3 Å². The van der Waals surface area contributed by atoms with Crippen molar-refractivity contribution in [2.75, 3.05) is 0 Å². The van der Waals surface area contributed by atoms with Crippen LogP contribution in [0.5, 0.6) is 0 Å². The Morgan fingerprint density at radius 3 is 2.83 bits per heavy atom. The van der Waals surface area contributed by atoms with Crippen molar-refractivity contribution in [2.24, 2.45) is 10.7 Å². The Labute approximate surface area is 137 Å². The van der Waals surface area contributed by atoms with Crippen LogP contribution in [0.1, 0.15) is 5.56 Å². The lowest BCUT2D eigenvalue weighted by Crippen LogP contribution is -2.17. The highest BCUT2D eigenvalue weighted by Gasteiger charge is 2.08. The summed E-state index contributed by atoms with van der Waals surface area (Å²) in [5.41, 5.74) is 7.55. The highest BCUT2D eigenvalue weighted by atomic mass is 35.5. The van der Waals surface area contributed by atoms with Gasteiger partial charge in [0.15, 0.2) is 0 Å². The van der Waals surface area contributed by atoms with Gasteiger partial charge in [-0.1, -0.05) is 29.8 Å². The zero-order chi connectivity index (χ0) is 16.4. The zero-order valence-electron chi connectivity index (χ0n) is 12.0. The summed E-state index contributed by atoms with van der Waals surface area (Å²) >= 11 is 5.75. The Morgan fingerprint density at radius 2 is 2.09 bits per heavy atom. The zero-order valence-corrected chi connectivity index (χ0v) is 12.8. The maximum atomic E-state index is 13.2. The Hall–Kier alpha value is -2.66. The maximum absolute atomic E-state index is 13.2. The van der Waals surface area contributed by atoms with Gasteiger partial charge in [0.1, 0.15) is 12.4 Å². The standard InChI is InChI=1S/C17H13ClFN3O/c18-14-7-12(5-6-15(14)19)21-8-11-9-22(10-17(20)23)16-4-2-1-3-13(11)16/h1-9H,10H2,(H2,20,23). The molecule has 0 fully saturated rings. The van der Waals surface area contributed by atoms with Gasteiger partial charge in [-0.05, 0) is 24.3 Å². The molecule has 0 bridgehead atoms. The van der Waals surface area contributed by atoms with E-state index in [1.165, 1.54) is 12.1 Å². The third-order valence-corrected chi connectivity index (χ3v) is 3.69. The van der Waals surface area contributed by atoms with Crippen molar-refractivity contribution in [3.63, 3.8) is 0 Å². The van der Waals surface area contributed by atoms with E-state index < -0.39 is 11.7 Å². The summed E-state index contributed by atoms with van der Waals surface area (Å²) in [5.74, 6) is -0.900. The van der Waals surface area contributed by atoms with Gasteiger partial charge in [-0.15, -0.1) is 0 Å². The number of halogens is 2. The Morgan fingerprint density at radius 1 is 1.30 bits per heavy atom. The molecule has 0 aliphatic carbocycles. The van der Waals surface area contributed by atoms with Gasteiger partial charge >= 0.3 is 0 Å². The number of rotatable bonds is 4. The number of aromatic nitrogens is 1. The second-order valence-corrected chi connectivity index (χ2v) is 5.46. The van der Waals surface area contributed by atoms with Crippen LogP contribution in [0.2, 0.25) is 5.02 Å². The first kappa shape index (κ1) is 15.2. The first-order valence-electron chi connectivity index (χ1n) is 6.90. The van der Waals surface area contributed by atoms with Gasteiger partial charge in [-0.25, -0.2) is 4.39 Å². The molecule has 0 saturated carbocycles. The van der Waals surface area contributed by atoms with Gasteiger partial charge in [0.05, 0.1) is 10.7 Å². The second-order valence-electron chi connectivity index (χ2n) is 5.05. The summed E-state index contributed by atoms with van der Waals surface area (Å²) in [6.07, 6.45) is 3.47. The normalized spacial score (nSPS) is 11.4. The molecule has 4 nitrogen and oxygen atoms in total. The van der Waals surface area contributed by atoms with E-state index in [0.717, 1.165) is 16.5 Å². The first-order valence-corrected chi connectivity index (χ1v) is 7.27. The molecular weight excluding hydrogens is 317 g/mol. The summed E-state index contributed by atoms with van der Waals surface area (Å²) < 4.78 is 14.9. The number of primary amides is 1. The molecular formula is C17H13ClFN3O. The number of benzene rings is 2. The third kappa shape index (κ3) is 3.24. The molecule has 116 valence electrons. The van der Waals surface area contributed by atoms with Crippen LogP contribution in [0, 0.1) is 5.82 Å². The lowest BCUT2D eigenvalue weighted by Gasteiger charge is -2.00. The molecule has 0 atom stereocenters. The largest absolute Gasteiger partial charge is 0.368 e. The summed E-state index contributed by atoms with van der Waals surface area (Å²) in [6, 6.07) is 11.9. The molecule has 0 radical (unpaired) electrons. The fraction of sp³-hybridized carbons (Fsp3) is 0.0588. The number of amides is 1. The molecule has 1 amide bonds. The predicted molar refractivity (Wildman–Crippen MR) is 89.8 cm³/mol. The molecule has 2 aromatic carbocycles. The second kappa shape index (κ2) is 6.22. The van der Waals surface area contributed by atoms with Crippen molar-refractivity contribution in [3.05, 3.63) is 65.1 Å². The molecule has 0 aliphatic rings. The van der Waals surface area contributed by atoms with Gasteiger partial charge < -0.3 is 10.3 Å². The van der Waals surface area contributed by atoms with Gasteiger partial charge in [-0.3, -0.25) is 9.79 Å². The van der Waals surface area contributed by atoms with Crippen LogP contribution in [-0.4, -0.2) is 16.7 Å². The number of para-hydroxylation sites is 1. The molecule has 3 aromatic rings. The summed E-state index contributed by atoms with van der Waals surface area (Å²) in [5, 5.41) is 0.974. The van der Waals surface area contributed by atoms with E-state index in [4.69, 9.17) is 17.3 Å². The van der Waals surface area contributed by atoms with Crippen molar-refractivity contribution < 1.29 is 9.18 Å². The number of nitrogens with two attached hydrogens (primary N) is 1. The lowest BCUT2D eigenvalue weighted by molar-refractivity contribution is -0.118. The number of carbonyl (C=O) groups excluding carboxylic acids is 1. The van der Waals surface area contributed by atoms with Gasteiger partial charge in [0.2, 0.25) is 5.91 Å². The number of fused-ring (bicyclic) bond motifs is 1. The van der Waals surface area contributed by atoms with Crippen LogP contribution >= 0.6 is 11.6 Å². The quantitative estimate of drug-likeness (QED) is 0.729. The first-order chi connectivity index (χ1) is 11.0. The van der Waals surface area contributed by atoms with Crippen LogP contribution in [0.25, 0.3) is 10.9 Å². The fourth-order valence-corrected chi connectivity index (χ4v) is 2.56. The third-order valence-electron chi connectivity index (χ3n) is 3.40. The van der Waals surface area contributed by atoms with Crippen molar-refractivity contribution in [1.82, 2.24) is 4.57 Å². The van der Waals surface area contributed by atoms with E-state index >= 15 is 0 Å². The van der Waals surface area contributed by atoms with Gasteiger partial charge in [-0.2, -0.15) is 0 Å². The number of aliphatic imine (C=N–C) groups is 1. The summed E-state index contributed by atoms with van der Waals surface area (Å²) in [7, 11) is 0. The number of hydrogen-bond donors (Lipinski definition) is 1. The van der Waals surface area contributed by atoms with Gasteiger partial charge in [0, 0.05) is 28.9 Å². The molecule has 0 saturated heterocycles. The molecule has 2 N–H and O–H groups in total. The van der Waals surface area contributed by atoms with E-state index in [9.17, 15) is 9.18 Å². The highest BCUT2D eigenvalue weighted by molar-refractivity contribution is 6.31. The predicted octanol–water partition coefficient (Wildman–Crippen LogP) is 3.67. The van der Waals surface area contributed by atoms with Crippen LogP contribution in [0.4, 0.5) is 10.1 Å². The smallest absolute Gasteiger partial charge is 0.237 e. The minimum Gasteiger partial charge on any atom is -0.368 e. The highest BCUT2D eigenvalue weighted by Crippen LogP contribution is 2.23. The molecule has 1 heterocycles. The molecule has 6 heteroatoms. The minimum atomic E-state index is -0.483. The SMILES string of the molecule is NC(=O)Cn1cc(C=Nc2ccc(F)c(Cl)c2)c2ccccc21. The summed E-state index contributed by atoms with van der Waals surface area (Å²) in [4.78, 5) is 15.5. The van der Waals surface area contributed by atoms with Crippen molar-refractivity contribution in [3.8, 4) is 0 Å². The monoisotopic (exact) mass is 329 g/mol. The van der Waals surface area contributed by atoms with Crippen LogP contribution < -0.4 is 5.73 Å². The average molecular weight is 330 g/mol. The van der Waals surface area contributed by atoms with Crippen molar-refractivity contribution in [2.45, 2.75) is 6.54 Å². The molecule has 0 unspecified atom stereocenters. The minimum absolute atomic E-state index is 0.0239. The Balaban J connectivity index is 2.00. The Kier molecular flexibility index (Phi) is 4.12. The molecule has 0 aliphatic heterocycles. The molecule has 0 spiro atoms. The van der Waals surface area contributed by atoms with Crippen molar-refractivity contribution in [1.29, 1.82) is 0 Å². The van der Waals surface area contributed by atoms with Crippen LogP contribution in [0.3, 0.4) is 0 Å². The van der Waals surface area contributed by atoms with Crippen molar-refractivity contribution >= 4 is 40.3 Å². The number of nitrogens with zero attached hydrogens (tertiary/aromatic N) is 2. The average Bonchev–Trinajstić information content (AvgIpc) is 2.86. The van der Waals surface area contributed by atoms with E-state index in [-0.39, 0.29) is 11.6 Å². The lowest BCUT2D eigenvalue weighted by atomic mass is 10.2. The van der Waals surface area contributed by atoms with Crippen LogP contribution in [0.15, 0.2) is 53.7 Å². The molecule has 1 aromatic heterocycles. The van der Waals surface area contributed by atoms with E-state index in [1.807, 2.05) is 30.5 Å². The topological polar surface area (TPSA) is 60.4 Å². The van der Waals surface area contributed by atoms with E-state index in [0.29, 0.717) is 5.69 Å². The van der Waals surface area contributed by atoms with Gasteiger partial charge in [0.25, 0.3) is 0 Å². The fourth-order valence-electron chi connectivity index (χ4n) is 2.39. The summed E-state index contributed by atoms with van der Waals surface area (Å²) in [6.45, 7) is 0.0940. The van der Waals surface area contributed by atoms with E-state index in [1.54, 1.807) is 16.8 Å². The van der Waals surface area contributed by atoms with E-state index in [2.05, 4.69) is 4.99 Å². The maximum Gasteiger partial charge on any atom is 0.237 e. The number of carbonyl (C=O) groups is 1. The number of hydrogen-bond acceptors (Lipinski definition) is 2. The molecule has 23 heavy (non-hydrogen) atoms.